The van der Waals surface area contributed by atoms with Crippen molar-refractivity contribution in [3.05, 3.63) is 0 Å². The van der Waals surface area contributed by atoms with Gasteiger partial charge in [-0.1, -0.05) is 13.8 Å². The SMILES string of the molecule is CC(C)C[C@@H](C=O)[C@H](C)N(O)C=O. The average molecular weight is 187 g/mol. The zero-order chi connectivity index (χ0) is 10.4. The molecule has 2 atom stereocenters. The largest absolute Gasteiger partial charge is 0.303 e. The van der Waals surface area contributed by atoms with E-state index in [1.165, 1.54) is 0 Å². The van der Waals surface area contributed by atoms with Crippen LogP contribution in [0.5, 0.6) is 0 Å². The van der Waals surface area contributed by atoms with E-state index in [9.17, 15) is 9.59 Å². The van der Waals surface area contributed by atoms with Crippen molar-refractivity contribution in [1.29, 1.82) is 0 Å². The molecule has 1 amide bonds. The van der Waals surface area contributed by atoms with Crippen molar-refractivity contribution in [2.24, 2.45) is 11.8 Å². The summed E-state index contributed by atoms with van der Waals surface area (Å²) >= 11 is 0. The minimum atomic E-state index is -0.447. The second-order valence-electron chi connectivity index (χ2n) is 3.66. The number of aldehydes is 1. The van der Waals surface area contributed by atoms with Gasteiger partial charge in [0.05, 0.1) is 6.04 Å². The molecule has 0 spiro atoms. The molecule has 4 heteroatoms. The van der Waals surface area contributed by atoms with E-state index in [1.54, 1.807) is 6.92 Å². The molecule has 0 fully saturated rings. The van der Waals surface area contributed by atoms with Gasteiger partial charge in [0, 0.05) is 5.92 Å². The molecule has 0 saturated carbocycles. The molecule has 0 rings (SSSR count). The van der Waals surface area contributed by atoms with Crippen molar-refractivity contribution in [3.63, 3.8) is 0 Å². The lowest BCUT2D eigenvalue weighted by molar-refractivity contribution is -0.164. The number of hydroxylamine groups is 2. The maximum absolute atomic E-state index is 10.6. The van der Waals surface area contributed by atoms with Crippen LogP contribution in [-0.2, 0) is 9.59 Å². The number of nitrogens with zero attached hydrogens (tertiary/aromatic N) is 1. The fraction of sp³-hybridized carbons (Fsp3) is 0.778. The summed E-state index contributed by atoms with van der Waals surface area (Å²) in [4.78, 5) is 20.9. The highest BCUT2D eigenvalue weighted by Gasteiger charge is 2.22. The molecule has 0 heterocycles. The Morgan fingerprint density at radius 3 is 2.15 bits per heavy atom. The quantitative estimate of drug-likeness (QED) is 0.384. The molecule has 13 heavy (non-hydrogen) atoms. The number of amides is 1. The Labute approximate surface area is 78.5 Å². The van der Waals surface area contributed by atoms with Gasteiger partial charge in [0.25, 0.3) is 0 Å². The van der Waals surface area contributed by atoms with E-state index in [4.69, 9.17) is 5.21 Å². The van der Waals surface area contributed by atoms with E-state index < -0.39 is 6.04 Å². The zero-order valence-corrected chi connectivity index (χ0v) is 8.30. The van der Waals surface area contributed by atoms with Gasteiger partial charge in [0.2, 0.25) is 6.41 Å². The highest BCUT2D eigenvalue weighted by atomic mass is 16.5. The molecule has 0 aromatic heterocycles. The standard InChI is InChI=1S/C9H17NO3/c1-7(2)4-9(5-11)8(3)10(13)6-12/h5-9,13H,4H2,1-3H3/t8-,9-/m0/s1. The summed E-state index contributed by atoms with van der Waals surface area (Å²) < 4.78 is 0. The van der Waals surface area contributed by atoms with Crippen molar-refractivity contribution >= 4 is 12.7 Å². The first-order chi connectivity index (χ1) is 6.02. The molecule has 0 aromatic rings. The van der Waals surface area contributed by atoms with Crippen LogP contribution < -0.4 is 0 Å². The summed E-state index contributed by atoms with van der Waals surface area (Å²) in [7, 11) is 0. The third-order valence-electron chi connectivity index (χ3n) is 2.06. The maximum atomic E-state index is 10.6. The van der Waals surface area contributed by atoms with Gasteiger partial charge in [0.1, 0.15) is 6.29 Å². The number of carbonyl (C=O) groups excluding carboxylic acids is 2. The molecule has 4 nitrogen and oxygen atoms in total. The van der Waals surface area contributed by atoms with Gasteiger partial charge in [-0.2, -0.15) is 0 Å². The van der Waals surface area contributed by atoms with Crippen LogP contribution in [0.15, 0.2) is 0 Å². The van der Waals surface area contributed by atoms with Crippen LogP contribution in [-0.4, -0.2) is 29.0 Å². The molecule has 0 aliphatic heterocycles. The van der Waals surface area contributed by atoms with Crippen LogP contribution in [0.4, 0.5) is 0 Å². The summed E-state index contributed by atoms with van der Waals surface area (Å²) in [5.74, 6) is 0.0768. The van der Waals surface area contributed by atoms with Crippen molar-refractivity contribution in [1.82, 2.24) is 5.06 Å². The first kappa shape index (κ1) is 12.1. The van der Waals surface area contributed by atoms with Crippen molar-refractivity contribution in [3.8, 4) is 0 Å². The molecule has 0 saturated heterocycles. The average Bonchev–Trinajstić information content (AvgIpc) is 2.11. The van der Waals surface area contributed by atoms with E-state index in [0.29, 0.717) is 23.8 Å². The summed E-state index contributed by atoms with van der Waals surface area (Å²) in [5.41, 5.74) is 0. The molecule has 0 unspecified atom stereocenters. The first-order valence-electron chi connectivity index (χ1n) is 4.40. The molecule has 1 N–H and O–H groups in total. The number of carbonyl (C=O) groups is 2. The Balaban J connectivity index is 4.21. The Morgan fingerprint density at radius 2 is 1.85 bits per heavy atom. The lowest BCUT2D eigenvalue weighted by Crippen LogP contribution is -2.36. The predicted octanol–water partition coefficient (Wildman–Crippen LogP) is 1.08. The lowest BCUT2D eigenvalue weighted by Gasteiger charge is -2.24. The Bertz CT molecular complexity index is 170. The van der Waals surface area contributed by atoms with Gasteiger partial charge in [-0.25, -0.2) is 5.06 Å². The van der Waals surface area contributed by atoms with Gasteiger partial charge >= 0.3 is 0 Å². The highest BCUT2D eigenvalue weighted by molar-refractivity contribution is 5.56. The van der Waals surface area contributed by atoms with Crippen LogP contribution in [0.1, 0.15) is 27.2 Å². The molecule has 76 valence electrons. The van der Waals surface area contributed by atoms with E-state index in [0.717, 1.165) is 6.29 Å². The van der Waals surface area contributed by atoms with Gasteiger partial charge in [-0.3, -0.25) is 10.0 Å². The fourth-order valence-corrected chi connectivity index (χ4v) is 1.20. The molecule has 0 aliphatic carbocycles. The minimum absolute atomic E-state index is 0.296. The topological polar surface area (TPSA) is 57.6 Å². The van der Waals surface area contributed by atoms with Crippen LogP contribution in [0.25, 0.3) is 0 Å². The highest BCUT2D eigenvalue weighted by Crippen LogP contribution is 2.15. The van der Waals surface area contributed by atoms with Crippen molar-refractivity contribution in [2.45, 2.75) is 33.2 Å². The Morgan fingerprint density at radius 1 is 1.31 bits per heavy atom. The van der Waals surface area contributed by atoms with Crippen molar-refractivity contribution < 1.29 is 14.8 Å². The molecule has 0 bridgehead atoms. The summed E-state index contributed by atoms with van der Waals surface area (Å²) in [6, 6.07) is -0.447. The molecule has 0 radical (unpaired) electrons. The van der Waals surface area contributed by atoms with Crippen molar-refractivity contribution in [2.75, 3.05) is 0 Å². The lowest BCUT2D eigenvalue weighted by atomic mass is 9.92. The second-order valence-corrected chi connectivity index (χ2v) is 3.66. The normalized spacial score (nSPS) is 15.2. The van der Waals surface area contributed by atoms with Gasteiger partial charge in [-0.15, -0.1) is 0 Å². The van der Waals surface area contributed by atoms with Crippen LogP contribution in [0.3, 0.4) is 0 Å². The first-order valence-corrected chi connectivity index (χ1v) is 4.40. The Kier molecular flexibility index (Phi) is 5.30. The predicted molar refractivity (Wildman–Crippen MR) is 48.2 cm³/mol. The number of hydrogen-bond donors (Lipinski definition) is 1. The maximum Gasteiger partial charge on any atom is 0.233 e. The number of hydrogen-bond acceptors (Lipinski definition) is 3. The second kappa shape index (κ2) is 5.70. The summed E-state index contributed by atoms with van der Waals surface area (Å²) in [5, 5.41) is 9.59. The smallest absolute Gasteiger partial charge is 0.233 e. The fourth-order valence-electron chi connectivity index (χ4n) is 1.20. The van der Waals surface area contributed by atoms with Gasteiger partial charge in [0.15, 0.2) is 0 Å². The zero-order valence-electron chi connectivity index (χ0n) is 8.30. The molecule has 0 aromatic carbocycles. The minimum Gasteiger partial charge on any atom is -0.303 e. The van der Waals surface area contributed by atoms with Crippen LogP contribution >= 0.6 is 0 Å². The van der Waals surface area contributed by atoms with Crippen LogP contribution in [0.2, 0.25) is 0 Å². The third-order valence-corrected chi connectivity index (χ3v) is 2.06. The molecule has 0 aliphatic rings. The van der Waals surface area contributed by atoms with E-state index in [-0.39, 0.29) is 5.92 Å². The summed E-state index contributed by atoms with van der Waals surface area (Å²) in [6.45, 7) is 5.63. The molecular formula is C9H17NO3. The third kappa shape index (κ3) is 4.03. The molecular weight excluding hydrogens is 170 g/mol. The van der Waals surface area contributed by atoms with E-state index >= 15 is 0 Å². The number of rotatable bonds is 6. The van der Waals surface area contributed by atoms with Gasteiger partial charge < -0.3 is 4.79 Å². The van der Waals surface area contributed by atoms with Crippen LogP contribution in [0, 0.1) is 11.8 Å². The monoisotopic (exact) mass is 187 g/mol. The van der Waals surface area contributed by atoms with E-state index in [2.05, 4.69) is 0 Å². The summed E-state index contributed by atoms with van der Waals surface area (Å²) in [6.07, 6.45) is 1.79. The van der Waals surface area contributed by atoms with Gasteiger partial charge in [-0.05, 0) is 19.3 Å². The Hall–Kier alpha value is -0.900. The van der Waals surface area contributed by atoms with E-state index in [1.807, 2.05) is 13.8 Å².